The number of pyridine rings is 1. The summed E-state index contributed by atoms with van der Waals surface area (Å²) in [6, 6.07) is 3.80. The molecule has 0 aliphatic carbocycles. The van der Waals surface area contributed by atoms with Gasteiger partial charge in [-0.05, 0) is 12.1 Å². The van der Waals surface area contributed by atoms with Crippen LogP contribution in [0.1, 0.15) is 0 Å². The molecule has 0 aliphatic rings. The first-order valence-corrected chi connectivity index (χ1v) is 5.38. The van der Waals surface area contributed by atoms with Crippen molar-refractivity contribution in [2.45, 2.75) is 0 Å². The fraction of sp³-hybridized carbons (Fsp3) is 0.0909. The van der Waals surface area contributed by atoms with Crippen molar-refractivity contribution in [1.82, 2.24) is 24.5 Å². The van der Waals surface area contributed by atoms with Gasteiger partial charge in [0.1, 0.15) is 17.7 Å². The molecule has 0 fully saturated rings. The zero-order valence-corrected chi connectivity index (χ0v) is 9.76. The van der Waals surface area contributed by atoms with Crippen molar-refractivity contribution in [3.8, 4) is 11.4 Å². The predicted molar refractivity (Wildman–Crippen MR) is 64.5 cm³/mol. The van der Waals surface area contributed by atoms with E-state index in [2.05, 4.69) is 19.9 Å². The highest BCUT2D eigenvalue weighted by Gasteiger charge is 2.13. The molecule has 3 aromatic rings. The molecule has 0 aliphatic heterocycles. The van der Waals surface area contributed by atoms with Crippen molar-refractivity contribution >= 4 is 22.8 Å². The third-order valence-corrected chi connectivity index (χ3v) is 2.81. The Morgan fingerprint density at radius 3 is 2.88 bits per heavy atom. The molecule has 0 atom stereocenters. The largest absolute Gasteiger partial charge is 0.312 e. The van der Waals surface area contributed by atoms with Crippen molar-refractivity contribution in [3.05, 3.63) is 36.0 Å². The first-order chi connectivity index (χ1) is 8.27. The van der Waals surface area contributed by atoms with Crippen molar-refractivity contribution in [2.24, 2.45) is 7.05 Å². The van der Waals surface area contributed by atoms with E-state index in [1.54, 1.807) is 12.4 Å². The number of rotatable bonds is 1. The van der Waals surface area contributed by atoms with E-state index in [9.17, 15) is 0 Å². The smallest absolute Gasteiger partial charge is 0.165 e. The van der Waals surface area contributed by atoms with Crippen LogP contribution in [0, 0.1) is 0 Å². The lowest BCUT2D eigenvalue weighted by molar-refractivity contribution is 0.937. The Labute approximate surface area is 102 Å². The summed E-state index contributed by atoms with van der Waals surface area (Å²) in [5.74, 6) is 0.774. The third-order valence-electron chi connectivity index (χ3n) is 2.53. The summed E-state index contributed by atoms with van der Waals surface area (Å²) < 4.78 is 1.87. The van der Waals surface area contributed by atoms with Crippen LogP contribution < -0.4 is 0 Å². The Morgan fingerprint density at radius 1 is 1.29 bits per heavy atom. The Hall–Kier alpha value is -2.01. The number of hydrogen-bond donors (Lipinski definition) is 0. The highest BCUT2D eigenvalue weighted by molar-refractivity contribution is 6.33. The van der Waals surface area contributed by atoms with Crippen LogP contribution in [0.5, 0.6) is 0 Å². The van der Waals surface area contributed by atoms with E-state index in [-0.39, 0.29) is 0 Å². The number of imidazole rings is 1. The highest BCUT2D eigenvalue weighted by atomic mass is 35.5. The van der Waals surface area contributed by atoms with Gasteiger partial charge >= 0.3 is 0 Å². The zero-order valence-electron chi connectivity index (χ0n) is 9.00. The molecule has 0 bridgehead atoms. The first kappa shape index (κ1) is 10.2. The third kappa shape index (κ3) is 1.55. The van der Waals surface area contributed by atoms with E-state index in [4.69, 9.17) is 11.6 Å². The summed E-state index contributed by atoms with van der Waals surface area (Å²) in [4.78, 5) is 16.6. The van der Waals surface area contributed by atoms with Crippen LogP contribution in [-0.4, -0.2) is 24.5 Å². The van der Waals surface area contributed by atoms with E-state index in [1.165, 1.54) is 6.33 Å². The molecule has 0 saturated carbocycles. The maximum atomic E-state index is 5.99. The van der Waals surface area contributed by atoms with Gasteiger partial charge in [0, 0.05) is 25.0 Å². The van der Waals surface area contributed by atoms with Gasteiger partial charge in [0.25, 0.3) is 0 Å². The van der Waals surface area contributed by atoms with Crippen molar-refractivity contribution in [2.75, 3.05) is 0 Å². The minimum atomic E-state index is 0.362. The number of aromatic nitrogens is 5. The topological polar surface area (TPSA) is 56.5 Å². The summed E-state index contributed by atoms with van der Waals surface area (Å²) >= 11 is 5.99. The average Bonchev–Trinajstić information content (AvgIpc) is 2.70. The number of hydrogen-bond acceptors (Lipinski definition) is 4. The second kappa shape index (κ2) is 3.78. The molecule has 0 saturated heterocycles. The van der Waals surface area contributed by atoms with E-state index >= 15 is 0 Å². The van der Waals surface area contributed by atoms with Crippen LogP contribution in [0.4, 0.5) is 0 Å². The lowest BCUT2D eigenvalue weighted by atomic mass is 10.3. The molecule has 6 heteroatoms. The first-order valence-electron chi connectivity index (χ1n) is 5.00. The van der Waals surface area contributed by atoms with Gasteiger partial charge in [0.15, 0.2) is 10.8 Å². The standard InChI is InChI=1S/C11H8ClN5/c1-17-10(7-3-2-4-13-5-7)16-8-9(12)14-6-15-11(8)17/h2-6H,1H3. The second-order valence-electron chi connectivity index (χ2n) is 3.57. The Bertz CT molecular complexity index is 677. The summed E-state index contributed by atoms with van der Waals surface area (Å²) in [5.41, 5.74) is 2.24. The molecule has 84 valence electrons. The molecular weight excluding hydrogens is 238 g/mol. The molecule has 5 nitrogen and oxygen atoms in total. The quantitative estimate of drug-likeness (QED) is 0.616. The number of fused-ring (bicyclic) bond motifs is 1. The fourth-order valence-corrected chi connectivity index (χ4v) is 1.90. The van der Waals surface area contributed by atoms with E-state index in [0.29, 0.717) is 16.3 Å². The van der Waals surface area contributed by atoms with Crippen LogP contribution in [0.25, 0.3) is 22.6 Å². The minimum Gasteiger partial charge on any atom is -0.312 e. The summed E-state index contributed by atoms with van der Waals surface area (Å²) in [5, 5.41) is 0.362. The molecule has 17 heavy (non-hydrogen) atoms. The average molecular weight is 246 g/mol. The van der Waals surface area contributed by atoms with Crippen LogP contribution in [0.3, 0.4) is 0 Å². The molecule has 3 heterocycles. The number of nitrogens with zero attached hydrogens (tertiary/aromatic N) is 5. The Kier molecular flexibility index (Phi) is 2.26. The lowest BCUT2D eigenvalue weighted by Gasteiger charge is -2.00. The van der Waals surface area contributed by atoms with Crippen LogP contribution in [0.2, 0.25) is 5.15 Å². The maximum Gasteiger partial charge on any atom is 0.165 e. The van der Waals surface area contributed by atoms with Gasteiger partial charge < -0.3 is 4.57 Å². The Morgan fingerprint density at radius 2 is 2.18 bits per heavy atom. The van der Waals surface area contributed by atoms with Crippen LogP contribution in [0.15, 0.2) is 30.9 Å². The Balaban J connectivity index is 2.32. The highest BCUT2D eigenvalue weighted by Crippen LogP contribution is 2.24. The SMILES string of the molecule is Cn1c(-c2cccnc2)nc2c(Cl)ncnc21. The second-order valence-corrected chi connectivity index (χ2v) is 3.93. The van der Waals surface area contributed by atoms with Crippen molar-refractivity contribution in [3.63, 3.8) is 0 Å². The van der Waals surface area contributed by atoms with Crippen molar-refractivity contribution < 1.29 is 0 Å². The van der Waals surface area contributed by atoms with Gasteiger partial charge in [0.05, 0.1) is 0 Å². The molecule has 3 aromatic heterocycles. The monoisotopic (exact) mass is 245 g/mol. The molecule has 0 amide bonds. The molecule has 3 rings (SSSR count). The van der Waals surface area contributed by atoms with Gasteiger partial charge in [0.2, 0.25) is 0 Å². The van der Waals surface area contributed by atoms with Crippen LogP contribution in [-0.2, 0) is 7.05 Å². The number of halogens is 1. The lowest BCUT2D eigenvalue weighted by Crippen LogP contribution is -1.94. The van der Waals surface area contributed by atoms with E-state index < -0.39 is 0 Å². The summed E-state index contributed by atoms with van der Waals surface area (Å²) in [7, 11) is 1.89. The van der Waals surface area contributed by atoms with Gasteiger partial charge in [-0.3, -0.25) is 4.98 Å². The maximum absolute atomic E-state index is 5.99. The minimum absolute atomic E-state index is 0.362. The fourth-order valence-electron chi connectivity index (χ4n) is 1.72. The molecule has 0 aromatic carbocycles. The number of aryl methyl sites for hydroxylation is 1. The summed E-state index contributed by atoms with van der Waals surface area (Å²) in [6.45, 7) is 0. The van der Waals surface area contributed by atoms with E-state index in [1.807, 2.05) is 23.7 Å². The molecule has 0 unspecified atom stereocenters. The van der Waals surface area contributed by atoms with Gasteiger partial charge in [-0.2, -0.15) is 0 Å². The predicted octanol–water partition coefficient (Wildman–Crippen LogP) is 2.08. The van der Waals surface area contributed by atoms with Crippen molar-refractivity contribution in [1.29, 1.82) is 0 Å². The molecule has 0 N–H and O–H groups in total. The molecule has 0 spiro atoms. The van der Waals surface area contributed by atoms with E-state index in [0.717, 1.165) is 11.4 Å². The normalized spacial score (nSPS) is 10.9. The summed E-state index contributed by atoms with van der Waals surface area (Å²) in [6.07, 6.45) is 4.90. The molecular formula is C11H8ClN5. The molecule has 0 radical (unpaired) electrons. The van der Waals surface area contributed by atoms with Gasteiger partial charge in [-0.25, -0.2) is 15.0 Å². The van der Waals surface area contributed by atoms with Gasteiger partial charge in [-0.1, -0.05) is 11.6 Å². The van der Waals surface area contributed by atoms with Gasteiger partial charge in [-0.15, -0.1) is 0 Å². The van der Waals surface area contributed by atoms with Crippen LogP contribution >= 0.6 is 11.6 Å². The zero-order chi connectivity index (χ0) is 11.8.